The van der Waals surface area contributed by atoms with Crippen LogP contribution in [0.3, 0.4) is 0 Å². The van der Waals surface area contributed by atoms with E-state index in [1.54, 1.807) is 12.4 Å². The van der Waals surface area contributed by atoms with E-state index in [1.807, 2.05) is 0 Å². The van der Waals surface area contributed by atoms with Crippen molar-refractivity contribution in [3.8, 4) is 0 Å². The molecule has 21 heavy (non-hydrogen) atoms. The third-order valence-electron chi connectivity index (χ3n) is 3.08. The van der Waals surface area contributed by atoms with Crippen molar-refractivity contribution in [3.05, 3.63) is 45.7 Å². The van der Waals surface area contributed by atoms with Gasteiger partial charge in [0.15, 0.2) is 0 Å². The van der Waals surface area contributed by atoms with E-state index in [4.69, 9.17) is 5.11 Å². The average Bonchev–Trinajstić information content (AvgIpc) is 2.83. The lowest BCUT2D eigenvalue weighted by Crippen LogP contribution is -2.27. The zero-order valence-corrected chi connectivity index (χ0v) is 13.2. The predicted octanol–water partition coefficient (Wildman–Crippen LogP) is 1.90. The van der Waals surface area contributed by atoms with Gasteiger partial charge >= 0.3 is 0 Å². The summed E-state index contributed by atoms with van der Waals surface area (Å²) < 4.78 is 39.8. The standard InChI is InChI=1S/C13H15FN2O3S2/c1-9-12(20-8-15-9)6-16(2)21(18,19)13-4-3-10(7-17)5-11(13)14/h3-5,8,17H,6-7H2,1-2H3. The highest BCUT2D eigenvalue weighted by Crippen LogP contribution is 2.23. The normalized spacial score (nSPS) is 12.0. The van der Waals surface area contributed by atoms with Gasteiger partial charge in [0.25, 0.3) is 0 Å². The van der Waals surface area contributed by atoms with Gasteiger partial charge in [0, 0.05) is 18.5 Å². The highest BCUT2D eigenvalue weighted by Gasteiger charge is 2.25. The number of nitrogens with zero attached hydrogens (tertiary/aromatic N) is 2. The highest BCUT2D eigenvalue weighted by atomic mass is 32.2. The van der Waals surface area contributed by atoms with Crippen LogP contribution in [0.15, 0.2) is 28.6 Å². The van der Waals surface area contributed by atoms with E-state index >= 15 is 0 Å². The lowest BCUT2D eigenvalue weighted by atomic mass is 10.2. The minimum atomic E-state index is -3.93. The quantitative estimate of drug-likeness (QED) is 0.909. The van der Waals surface area contributed by atoms with Crippen LogP contribution in [0.1, 0.15) is 16.1 Å². The van der Waals surface area contributed by atoms with Gasteiger partial charge in [0.2, 0.25) is 10.0 Å². The van der Waals surface area contributed by atoms with Gasteiger partial charge in [-0.1, -0.05) is 6.07 Å². The van der Waals surface area contributed by atoms with Crippen LogP contribution >= 0.6 is 11.3 Å². The van der Waals surface area contributed by atoms with Crippen molar-refractivity contribution < 1.29 is 17.9 Å². The number of halogens is 1. The summed E-state index contributed by atoms with van der Waals surface area (Å²) in [5, 5.41) is 8.93. The summed E-state index contributed by atoms with van der Waals surface area (Å²) >= 11 is 1.36. The summed E-state index contributed by atoms with van der Waals surface area (Å²) in [5.74, 6) is -0.866. The molecule has 1 aromatic heterocycles. The minimum Gasteiger partial charge on any atom is -0.392 e. The Labute approximate surface area is 126 Å². The van der Waals surface area contributed by atoms with E-state index in [0.717, 1.165) is 20.9 Å². The molecule has 2 rings (SSSR count). The number of aromatic nitrogens is 1. The lowest BCUT2D eigenvalue weighted by molar-refractivity contribution is 0.281. The third kappa shape index (κ3) is 3.29. The molecular formula is C13H15FN2O3S2. The second-order valence-corrected chi connectivity index (χ2v) is 7.50. The van der Waals surface area contributed by atoms with Gasteiger partial charge in [-0.15, -0.1) is 11.3 Å². The van der Waals surface area contributed by atoms with Crippen LogP contribution in [-0.4, -0.2) is 29.9 Å². The molecule has 2 aromatic rings. The Bertz CT molecular complexity index is 744. The maximum atomic E-state index is 13.9. The Morgan fingerprint density at radius 1 is 1.43 bits per heavy atom. The number of hydrogen-bond donors (Lipinski definition) is 1. The van der Waals surface area contributed by atoms with Gasteiger partial charge in [-0.2, -0.15) is 4.31 Å². The summed E-state index contributed by atoms with van der Waals surface area (Å²) in [6.45, 7) is 1.59. The number of hydrogen-bond acceptors (Lipinski definition) is 5. The smallest absolute Gasteiger partial charge is 0.246 e. The zero-order chi connectivity index (χ0) is 15.6. The Balaban J connectivity index is 2.31. The first-order valence-corrected chi connectivity index (χ1v) is 8.43. The predicted molar refractivity (Wildman–Crippen MR) is 77.8 cm³/mol. The summed E-state index contributed by atoms with van der Waals surface area (Å²) in [7, 11) is -2.54. The number of aliphatic hydroxyl groups excluding tert-OH is 1. The molecule has 0 unspecified atom stereocenters. The van der Waals surface area contributed by atoms with Gasteiger partial charge in [-0.05, 0) is 24.6 Å². The molecule has 0 fully saturated rings. The maximum Gasteiger partial charge on any atom is 0.246 e. The molecule has 0 amide bonds. The largest absolute Gasteiger partial charge is 0.392 e. The van der Waals surface area contributed by atoms with Crippen molar-refractivity contribution in [3.63, 3.8) is 0 Å². The lowest BCUT2D eigenvalue weighted by Gasteiger charge is -2.17. The number of aliphatic hydroxyl groups is 1. The molecule has 0 atom stereocenters. The SMILES string of the molecule is Cc1ncsc1CN(C)S(=O)(=O)c1ccc(CO)cc1F. The molecule has 114 valence electrons. The first-order valence-electron chi connectivity index (χ1n) is 6.11. The van der Waals surface area contributed by atoms with Crippen molar-refractivity contribution in [2.75, 3.05) is 7.05 Å². The van der Waals surface area contributed by atoms with Crippen molar-refractivity contribution in [1.82, 2.24) is 9.29 Å². The van der Waals surface area contributed by atoms with Gasteiger partial charge in [-0.3, -0.25) is 0 Å². The molecule has 0 saturated carbocycles. The van der Waals surface area contributed by atoms with Crippen LogP contribution in [0.4, 0.5) is 4.39 Å². The molecule has 1 heterocycles. The number of aryl methyl sites for hydroxylation is 1. The molecule has 0 radical (unpaired) electrons. The molecule has 0 aliphatic heterocycles. The topological polar surface area (TPSA) is 70.5 Å². The molecule has 0 aliphatic rings. The fraction of sp³-hybridized carbons (Fsp3) is 0.308. The van der Waals surface area contributed by atoms with E-state index < -0.39 is 20.7 Å². The van der Waals surface area contributed by atoms with E-state index in [0.29, 0.717) is 5.56 Å². The van der Waals surface area contributed by atoms with E-state index in [-0.39, 0.29) is 13.2 Å². The first-order chi connectivity index (χ1) is 9.86. The molecule has 0 spiro atoms. The van der Waals surface area contributed by atoms with Crippen LogP contribution in [0.25, 0.3) is 0 Å². The molecular weight excluding hydrogens is 315 g/mol. The number of thiazole rings is 1. The molecule has 5 nitrogen and oxygen atoms in total. The summed E-state index contributed by atoms with van der Waals surface area (Å²) in [5.41, 5.74) is 2.73. The zero-order valence-electron chi connectivity index (χ0n) is 11.6. The van der Waals surface area contributed by atoms with Crippen molar-refractivity contribution in [2.24, 2.45) is 0 Å². The van der Waals surface area contributed by atoms with Gasteiger partial charge in [0.05, 0.1) is 17.8 Å². The van der Waals surface area contributed by atoms with E-state index in [2.05, 4.69) is 4.98 Å². The van der Waals surface area contributed by atoms with Gasteiger partial charge in [-0.25, -0.2) is 17.8 Å². The molecule has 8 heteroatoms. The fourth-order valence-corrected chi connectivity index (χ4v) is 3.88. The summed E-state index contributed by atoms with van der Waals surface area (Å²) in [6.07, 6.45) is 0. The molecule has 1 aromatic carbocycles. The van der Waals surface area contributed by atoms with Crippen LogP contribution in [-0.2, 0) is 23.2 Å². The van der Waals surface area contributed by atoms with Gasteiger partial charge < -0.3 is 5.11 Å². The van der Waals surface area contributed by atoms with Crippen LogP contribution in [0, 0.1) is 12.7 Å². The second-order valence-electron chi connectivity index (χ2n) is 4.54. The molecule has 0 saturated heterocycles. The molecule has 1 N–H and O–H groups in total. The van der Waals surface area contributed by atoms with E-state index in [9.17, 15) is 12.8 Å². The average molecular weight is 330 g/mol. The van der Waals surface area contributed by atoms with E-state index in [1.165, 1.54) is 30.5 Å². The molecule has 0 aliphatic carbocycles. The third-order valence-corrected chi connectivity index (χ3v) is 5.83. The van der Waals surface area contributed by atoms with Crippen LogP contribution in [0.2, 0.25) is 0 Å². The second kappa shape index (κ2) is 6.18. The summed E-state index contributed by atoms with van der Waals surface area (Å²) in [4.78, 5) is 4.47. The molecule has 0 bridgehead atoms. The van der Waals surface area contributed by atoms with Crippen molar-refractivity contribution >= 4 is 21.4 Å². The number of rotatable bonds is 5. The minimum absolute atomic E-state index is 0.139. The Kier molecular flexibility index (Phi) is 4.72. The Morgan fingerprint density at radius 2 is 2.14 bits per heavy atom. The van der Waals surface area contributed by atoms with Gasteiger partial charge in [0.1, 0.15) is 10.7 Å². The highest BCUT2D eigenvalue weighted by molar-refractivity contribution is 7.89. The Morgan fingerprint density at radius 3 is 2.67 bits per heavy atom. The summed E-state index contributed by atoms with van der Waals surface area (Å²) in [6, 6.07) is 3.59. The maximum absolute atomic E-state index is 13.9. The van der Waals surface area contributed by atoms with Crippen molar-refractivity contribution in [2.45, 2.75) is 25.0 Å². The number of benzene rings is 1. The Hall–Kier alpha value is -1.35. The van der Waals surface area contributed by atoms with Crippen LogP contribution in [0.5, 0.6) is 0 Å². The monoisotopic (exact) mass is 330 g/mol. The fourth-order valence-electron chi connectivity index (χ4n) is 1.78. The van der Waals surface area contributed by atoms with Crippen molar-refractivity contribution in [1.29, 1.82) is 0 Å². The number of sulfonamides is 1. The van der Waals surface area contributed by atoms with Crippen LogP contribution < -0.4 is 0 Å². The first kappa shape index (κ1) is 16.0.